The van der Waals surface area contributed by atoms with Crippen LogP contribution in [0.4, 0.5) is 0 Å². The van der Waals surface area contributed by atoms with Crippen molar-refractivity contribution >= 4 is 23.1 Å². The van der Waals surface area contributed by atoms with Crippen molar-refractivity contribution in [1.29, 1.82) is 0 Å². The van der Waals surface area contributed by atoms with Gasteiger partial charge in [0.05, 0.1) is 5.69 Å². The van der Waals surface area contributed by atoms with Crippen molar-refractivity contribution in [2.24, 2.45) is 0 Å². The van der Waals surface area contributed by atoms with Crippen molar-refractivity contribution in [1.82, 2.24) is 15.2 Å². The van der Waals surface area contributed by atoms with Gasteiger partial charge in [0.15, 0.2) is 0 Å². The lowest BCUT2D eigenvalue weighted by Gasteiger charge is -2.07. The van der Waals surface area contributed by atoms with Gasteiger partial charge in [-0.25, -0.2) is 0 Å². The van der Waals surface area contributed by atoms with Crippen LogP contribution >= 0.6 is 12.2 Å². The molecule has 0 saturated heterocycles. The predicted molar refractivity (Wildman–Crippen MR) is 102 cm³/mol. The van der Waals surface area contributed by atoms with E-state index in [4.69, 9.17) is 12.2 Å². The number of nitrogens with one attached hydrogen (secondary N) is 2. The fraction of sp³-hybridized carbons (Fsp3) is 0.100. The van der Waals surface area contributed by atoms with Gasteiger partial charge >= 0.3 is 0 Å². The van der Waals surface area contributed by atoms with Crippen LogP contribution < -0.4 is 0 Å². The fourth-order valence-electron chi connectivity index (χ4n) is 2.95. The van der Waals surface area contributed by atoms with Gasteiger partial charge in [0.25, 0.3) is 0 Å². The summed E-state index contributed by atoms with van der Waals surface area (Å²) in [5.74, 6) is 0. The SMILES string of the molecule is Cc1ccc(-c2cc(-c3c[nH]c4ccccc34)c(=S)[nH]n2)cc1C. The Morgan fingerprint density at radius 3 is 2.58 bits per heavy atom. The standard InChI is InChI=1S/C20H17N3S/c1-12-7-8-14(9-13(12)2)19-10-16(20(24)23-22-19)17-11-21-18-6-4-3-5-15(17)18/h3-11,21H,1-2H3,(H,23,24). The number of nitrogens with zero attached hydrogens (tertiary/aromatic N) is 1. The van der Waals surface area contributed by atoms with Crippen LogP contribution in [0.15, 0.2) is 54.7 Å². The van der Waals surface area contributed by atoms with E-state index in [0.717, 1.165) is 33.3 Å². The summed E-state index contributed by atoms with van der Waals surface area (Å²) in [7, 11) is 0. The third-order valence-electron chi connectivity index (χ3n) is 4.49. The van der Waals surface area contributed by atoms with Gasteiger partial charge in [-0.15, -0.1) is 0 Å². The van der Waals surface area contributed by atoms with Crippen LogP contribution in [-0.2, 0) is 0 Å². The van der Waals surface area contributed by atoms with Gasteiger partial charge in [0, 0.05) is 33.8 Å². The van der Waals surface area contributed by atoms with E-state index < -0.39 is 0 Å². The molecule has 0 radical (unpaired) electrons. The van der Waals surface area contributed by atoms with Crippen molar-refractivity contribution < 1.29 is 0 Å². The first kappa shape index (κ1) is 14.8. The zero-order valence-electron chi connectivity index (χ0n) is 13.6. The minimum atomic E-state index is 0.646. The summed E-state index contributed by atoms with van der Waals surface area (Å²) >= 11 is 5.49. The third kappa shape index (κ3) is 2.45. The van der Waals surface area contributed by atoms with E-state index in [2.05, 4.69) is 65.4 Å². The first-order chi connectivity index (χ1) is 11.6. The Bertz CT molecular complexity index is 1110. The average Bonchev–Trinajstić information content (AvgIpc) is 3.02. The highest BCUT2D eigenvalue weighted by atomic mass is 32.1. The Balaban J connectivity index is 1.91. The molecule has 0 bridgehead atoms. The summed E-state index contributed by atoms with van der Waals surface area (Å²) in [4.78, 5) is 3.31. The van der Waals surface area contributed by atoms with E-state index in [1.165, 1.54) is 11.1 Å². The topological polar surface area (TPSA) is 44.5 Å². The van der Waals surface area contributed by atoms with Gasteiger partial charge in [-0.3, -0.25) is 5.10 Å². The molecule has 0 aliphatic carbocycles. The maximum absolute atomic E-state index is 5.49. The molecule has 2 N–H and O–H groups in total. The minimum Gasteiger partial charge on any atom is -0.361 e. The molecule has 4 heteroatoms. The third-order valence-corrected chi connectivity index (χ3v) is 4.80. The Hall–Kier alpha value is -2.72. The lowest BCUT2D eigenvalue weighted by Crippen LogP contribution is -1.92. The van der Waals surface area contributed by atoms with Crippen molar-refractivity contribution in [3.05, 3.63) is 70.5 Å². The van der Waals surface area contributed by atoms with Gasteiger partial charge in [-0.2, -0.15) is 5.10 Å². The number of fused-ring (bicyclic) bond motifs is 1. The number of aromatic nitrogens is 3. The molecule has 2 heterocycles. The molecular formula is C20H17N3S. The highest BCUT2D eigenvalue weighted by Gasteiger charge is 2.10. The van der Waals surface area contributed by atoms with Gasteiger partial charge in [-0.1, -0.05) is 42.5 Å². The van der Waals surface area contributed by atoms with Crippen LogP contribution in [-0.4, -0.2) is 15.2 Å². The molecule has 0 aliphatic rings. The number of rotatable bonds is 2. The number of hydrogen-bond acceptors (Lipinski definition) is 2. The highest BCUT2D eigenvalue weighted by Crippen LogP contribution is 2.31. The fourth-order valence-corrected chi connectivity index (χ4v) is 3.16. The average molecular weight is 331 g/mol. The second kappa shape index (κ2) is 5.73. The molecule has 0 spiro atoms. The summed E-state index contributed by atoms with van der Waals surface area (Å²) in [5, 5.41) is 8.60. The van der Waals surface area contributed by atoms with E-state index in [0.29, 0.717) is 4.64 Å². The minimum absolute atomic E-state index is 0.646. The van der Waals surface area contributed by atoms with Crippen molar-refractivity contribution in [3.63, 3.8) is 0 Å². The summed E-state index contributed by atoms with van der Waals surface area (Å²) in [6, 6.07) is 16.7. The second-order valence-electron chi connectivity index (χ2n) is 6.04. The number of aromatic amines is 2. The molecule has 0 fully saturated rings. The zero-order chi connectivity index (χ0) is 16.7. The lowest BCUT2D eigenvalue weighted by molar-refractivity contribution is 1.02. The Kier molecular flexibility index (Phi) is 3.54. The molecule has 4 rings (SSSR count). The van der Waals surface area contributed by atoms with Crippen LogP contribution in [0.5, 0.6) is 0 Å². The van der Waals surface area contributed by atoms with Gasteiger partial charge in [0.1, 0.15) is 4.64 Å². The van der Waals surface area contributed by atoms with E-state index in [9.17, 15) is 0 Å². The lowest BCUT2D eigenvalue weighted by atomic mass is 10.0. The molecule has 2 aromatic carbocycles. The monoisotopic (exact) mass is 331 g/mol. The van der Waals surface area contributed by atoms with Crippen LogP contribution in [0, 0.1) is 18.5 Å². The number of H-pyrrole nitrogens is 2. The first-order valence-corrected chi connectivity index (χ1v) is 8.28. The maximum Gasteiger partial charge on any atom is 0.127 e. The molecular weight excluding hydrogens is 314 g/mol. The Labute approximate surface area is 145 Å². The number of hydrogen-bond donors (Lipinski definition) is 2. The molecule has 0 atom stereocenters. The molecule has 3 nitrogen and oxygen atoms in total. The number of aryl methyl sites for hydroxylation is 2. The van der Waals surface area contributed by atoms with Crippen molar-refractivity contribution in [2.45, 2.75) is 13.8 Å². The van der Waals surface area contributed by atoms with Gasteiger partial charge in [0.2, 0.25) is 0 Å². The maximum atomic E-state index is 5.49. The molecule has 24 heavy (non-hydrogen) atoms. The molecule has 0 aliphatic heterocycles. The van der Waals surface area contributed by atoms with E-state index >= 15 is 0 Å². The normalized spacial score (nSPS) is 11.1. The quantitative estimate of drug-likeness (QED) is 0.472. The molecule has 0 amide bonds. The van der Waals surface area contributed by atoms with E-state index in [1.807, 2.05) is 18.3 Å². The zero-order valence-corrected chi connectivity index (χ0v) is 14.4. The molecule has 118 valence electrons. The number of benzene rings is 2. The largest absolute Gasteiger partial charge is 0.361 e. The van der Waals surface area contributed by atoms with Crippen LogP contribution in [0.25, 0.3) is 33.3 Å². The van der Waals surface area contributed by atoms with Crippen LogP contribution in [0.3, 0.4) is 0 Å². The van der Waals surface area contributed by atoms with E-state index in [1.54, 1.807) is 0 Å². The molecule has 0 saturated carbocycles. The van der Waals surface area contributed by atoms with Crippen molar-refractivity contribution in [3.8, 4) is 22.4 Å². The van der Waals surface area contributed by atoms with E-state index in [-0.39, 0.29) is 0 Å². The summed E-state index contributed by atoms with van der Waals surface area (Å²) in [5.41, 5.74) is 7.71. The molecule has 0 unspecified atom stereocenters. The molecule has 4 aromatic rings. The first-order valence-electron chi connectivity index (χ1n) is 7.87. The highest BCUT2D eigenvalue weighted by molar-refractivity contribution is 7.71. The molecule has 2 aromatic heterocycles. The summed E-state index contributed by atoms with van der Waals surface area (Å²) < 4.78 is 0.646. The predicted octanol–water partition coefficient (Wildman–Crippen LogP) is 5.57. The smallest absolute Gasteiger partial charge is 0.127 e. The summed E-state index contributed by atoms with van der Waals surface area (Å²) in [6.07, 6.45) is 2.01. The summed E-state index contributed by atoms with van der Waals surface area (Å²) in [6.45, 7) is 4.23. The second-order valence-corrected chi connectivity index (χ2v) is 6.45. The Morgan fingerprint density at radius 1 is 0.917 bits per heavy atom. The number of para-hydroxylation sites is 1. The van der Waals surface area contributed by atoms with Crippen LogP contribution in [0.2, 0.25) is 0 Å². The van der Waals surface area contributed by atoms with Crippen molar-refractivity contribution in [2.75, 3.05) is 0 Å². The van der Waals surface area contributed by atoms with Crippen LogP contribution in [0.1, 0.15) is 11.1 Å². The Morgan fingerprint density at radius 2 is 1.75 bits per heavy atom. The van der Waals surface area contributed by atoms with Gasteiger partial charge in [-0.05, 0) is 43.2 Å². The van der Waals surface area contributed by atoms with Gasteiger partial charge < -0.3 is 4.98 Å².